The summed E-state index contributed by atoms with van der Waals surface area (Å²) in [6.07, 6.45) is 3.06. The molecule has 0 saturated heterocycles. The number of benzene rings is 1. The Morgan fingerprint density at radius 1 is 1.45 bits per heavy atom. The Kier molecular flexibility index (Phi) is 4.78. The van der Waals surface area contributed by atoms with E-state index in [-0.39, 0.29) is 9.88 Å². The lowest BCUT2D eigenvalue weighted by Gasteiger charge is -2.21. The smallest absolute Gasteiger partial charge is 0.243 e. The van der Waals surface area contributed by atoms with Gasteiger partial charge in [0.1, 0.15) is 4.99 Å². The summed E-state index contributed by atoms with van der Waals surface area (Å²) >= 11 is 4.91. The van der Waals surface area contributed by atoms with Crippen molar-refractivity contribution in [3.63, 3.8) is 0 Å². The maximum absolute atomic E-state index is 12.7. The molecule has 0 heterocycles. The third-order valence-corrected chi connectivity index (χ3v) is 5.48. The van der Waals surface area contributed by atoms with Crippen LogP contribution in [0.2, 0.25) is 0 Å². The minimum absolute atomic E-state index is 0.214. The Bertz CT molecular complexity index is 595. The lowest BCUT2D eigenvalue weighted by atomic mass is 10.2. The average Bonchev–Trinajstić information content (AvgIpc) is 3.22. The summed E-state index contributed by atoms with van der Waals surface area (Å²) in [4.78, 5) is 0.489. The van der Waals surface area contributed by atoms with Crippen LogP contribution in [-0.4, -0.2) is 30.8 Å². The Hall–Kier alpha value is -0.980. The van der Waals surface area contributed by atoms with E-state index in [1.807, 2.05) is 6.92 Å². The van der Waals surface area contributed by atoms with Crippen molar-refractivity contribution in [2.45, 2.75) is 31.1 Å². The first kappa shape index (κ1) is 15.4. The summed E-state index contributed by atoms with van der Waals surface area (Å²) in [6, 6.07) is 6.58. The van der Waals surface area contributed by atoms with Crippen LogP contribution in [0.25, 0.3) is 0 Å². The molecule has 0 aliphatic heterocycles. The first-order valence-corrected chi connectivity index (χ1v) is 8.70. The fourth-order valence-corrected chi connectivity index (χ4v) is 3.89. The molecule has 0 amide bonds. The Morgan fingerprint density at radius 2 is 2.15 bits per heavy atom. The molecular weight excluding hydrogens is 292 g/mol. The van der Waals surface area contributed by atoms with Gasteiger partial charge in [-0.3, -0.25) is 0 Å². The van der Waals surface area contributed by atoms with E-state index in [2.05, 4.69) is 0 Å². The highest BCUT2D eigenvalue weighted by atomic mass is 32.2. The summed E-state index contributed by atoms with van der Waals surface area (Å²) in [5.74, 6) is 0.523. The van der Waals surface area contributed by atoms with E-state index < -0.39 is 10.0 Å². The first-order valence-electron chi connectivity index (χ1n) is 6.85. The lowest BCUT2D eigenvalue weighted by Crippen LogP contribution is -2.33. The molecule has 0 radical (unpaired) electrons. The largest absolute Gasteiger partial charge is 0.389 e. The summed E-state index contributed by atoms with van der Waals surface area (Å²) < 4.78 is 27.0. The number of nitrogens with two attached hydrogens (primary N) is 1. The predicted molar refractivity (Wildman–Crippen MR) is 84.1 cm³/mol. The number of nitrogens with zero attached hydrogens (tertiary/aromatic N) is 1. The van der Waals surface area contributed by atoms with Gasteiger partial charge in [-0.2, -0.15) is 4.31 Å². The van der Waals surface area contributed by atoms with E-state index in [9.17, 15) is 8.42 Å². The van der Waals surface area contributed by atoms with Gasteiger partial charge in [0.25, 0.3) is 0 Å². The van der Waals surface area contributed by atoms with Crippen molar-refractivity contribution < 1.29 is 8.42 Å². The average molecular weight is 312 g/mol. The van der Waals surface area contributed by atoms with Crippen LogP contribution >= 0.6 is 12.2 Å². The van der Waals surface area contributed by atoms with Crippen molar-refractivity contribution in [3.8, 4) is 0 Å². The highest BCUT2D eigenvalue weighted by molar-refractivity contribution is 7.89. The van der Waals surface area contributed by atoms with E-state index in [0.717, 1.165) is 19.3 Å². The van der Waals surface area contributed by atoms with Crippen LogP contribution in [0.4, 0.5) is 0 Å². The zero-order valence-corrected chi connectivity index (χ0v) is 13.2. The molecule has 4 nitrogen and oxygen atoms in total. The second-order valence-corrected chi connectivity index (χ2v) is 7.58. The van der Waals surface area contributed by atoms with E-state index in [4.69, 9.17) is 18.0 Å². The van der Waals surface area contributed by atoms with Crippen LogP contribution in [0.3, 0.4) is 0 Å². The van der Waals surface area contributed by atoms with Crippen molar-refractivity contribution in [2.75, 3.05) is 13.1 Å². The topological polar surface area (TPSA) is 63.4 Å². The second kappa shape index (κ2) is 6.20. The summed E-state index contributed by atoms with van der Waals surface area (Å²) in [5, 5.41) is 0. The molecule has 6 heteroatoms. The number of thiocarbonyl (C=S) groups is 1. The highest BCUT2D eigenvalue weighted by Gasteiger charge is 2.31. The van der Waals surface area contributed by atoms with Gasteiger partial charge in [-0.15, -0.1) is 0 Å². The summed E-state index contributed by atoms with van der Waals surface area (Å²) in [7, 11) is -3.46. The molecular formula is C14H20N2O2S2. The molecule has 1 aliphatic carbocycles. The van der Waals surface area contributed by atoms with Gasteiger partial charge in [0.2, 0.25) is 10.0 Å². The number of hydrogen-bond donors (Lipinski definition) is 1. The molecule has 2 rings (SSSR count). The summed E-state index contributed by atoms with van der Waals surface area (Å²) in [5.41, 5.74) is 6.16. The van der Waals surface area contributed by atoms with Crippen LogP contribution in [-0.2, 0) is 10.0 Å². The molecule has 1 aromatic carbocycles. The van der Waals surface area contributed by atoms with Crippen molar-refractivity contribution in [1.82, 2.24) is 4.31 Å². The predicted octanol–water partition coefficient (Wildman–Crippen LogP) is 2.13. The van der Waals surface area contributed by atoms with E-state index in [1.165, 1.54) is 0 Å². The molecule has 110 valence electrons. The van der Waals surface area contributed by atoms with Gasteiger partial charge < -0.3 is 5.73 Å². The second-order valence-electron chi connectivity index (χ2n) is 5.20. The van der Waals surface area contributed by atoms with E-state index in [0.29, 0.717) is 24.6 Å². The monoisotopic (exact) mass is 312 g/mol. The standard InChI is InChI=1S/C14H20N2O2S2/c1-2-8-16(10-11-6-7-11)20(17,18)13-5-3-4-12(9-13)14(15)19/h3-5,9,11H,2,6-8,10H2,1H3,(H2,15,19). The minimum atomic E-state index is -3.46. The molecule has 0 unspecified atom stereocenters. The van der Waals surface area contributed by atoms with Crippen LogP contribution in [0.5, 0.6) is 0 Å². The van der Waals surface area contributed by atoms with Gasteiger partial charge in [-0.05, 0) is 37.3 Å². The van der Waals surface area contributed by atoms with Crippen molar-refractivity contribution >= 4 is 27.2 Å². The molecule has 20 heavy (non-hydrogen) atoms. The minimum Gasteiger partial charge on any atom is -0.389 e. The molecule has 1 aromatic rings. The molecule has 0 bridgehead atoms. The molecule has 0 spiro atoms. The fraction of sp³-hybridized carbons (Fsp3) is 0.500. The Labute approximate surface area is 126 Å². The highest BCUT2D eigenvalue weighted by Crippen LogP contribution is 2.31. The third-order valence-electron chi connectivity index (χ3n) is 3.39. The number of rotatable bonds is 7. The SMILES string of the molecule is CCCN(CC1CC1)S(=O)(=O)c1cccc(C(N)=S)c1. The number of hydrogen-bond acceptors (Lipinski definition) is 3. The van der Waals surface area contributed by atoms with Crippen molar-refractivity contribution in [2.24, 2.45) is 11.7 Å². The molecule has 0 atom stereocenters. The van der Waals surface area contributed by atoms with Crippen molar-refractivity contribution in [1.29, 1.82) is 0 Å². The Balaban J connectivity index is 2.30. The van der Waals surface area contributed by atoms with Crippen LogP contribution in [0.15, 0.2) is 29.2 Å². The molecule has 2 N–H and O–H groups in total. The van der Waals surface area contributed by atoms with Gasteiger partial charge in [-0.1, -0.05) is 31.3 Å². The molecule has 0 aromatic heterocycles. The number of sulfonamides is 1. The van der Waals surface area contributed by atoms with Crippen LogP contribution in [0.1, 0.15) is 31.7 Å². The third kappa shape index (κ3) is 3.56. The van der Waals surface area contributed by atoms with Gasteiger partial charge in [0.15, 0.2) is 0 Å². The molecule has 1 aliphatic rings. The maximum Gasteiger partial charge on any atom is 0.243 e. The fourth-order valence-electron chi connectivity index (χ4n) is 2.11. The molecule has 1 fully saturated rings. The van der Waals surface area contributed by atoms with Gasteiger partial charge in [0, 0.05) is 18.7 Å². The van der Waals surface area contributed by atoms with E-state index in [1.54, 1.807) is 28.6 Å². The van der Waals surface area contributed by atoms with E-state index >= 15 is 0 Å². The first-order chi connectivity index (χ1) is 9.45. The van der Waals surface area contributed by atoms with Gasteiger partial charge >= 0.3 is 0 Å². The van der Waals surface area contributed by atoms with Crippen LogP contribution < -0.4 is 5.73 Å². The van der Waals surface area contributed by atoms with Gasteiger partial charge in [-0.25, -0.2) is 8.42 Å². The zero-order valence-electron chi connectivity index (χ0n) is 11.6. The van der Waals surface area contributed by atoms with Crippen molar-refractivity contribution in [3.05, 3.63) is 29.8 Å². The Morgan fingerprint density at radius 3 is 2.70 bits per heavy atom. The maximum atomic E-state index is 12.7. The van der Waals surface area contributed by atoms with Crippen LogP contribution in [0, 0.1) is 5.92 Å². The molecule has 1 saturated carbocycles. The summed E-state index contributed by atoms with van der Waals surface area (Å²) in [6.45, 7) is 3.16. The quantitative estimate of drug-likeness (QED) is 0.784. The zero-order chi connectivity index (χ0) is 14.8. The lowest BCUT2D eigenvalue weighted by molar-refractivity contribution is 0.395. The van der Waals surface area contributed by atoms with Gasteiger partial charge in [0.05, 0.1) is 4.90 Å². The normalized spacial score (nSPS) is 15.5.